The number of rotatable bonds is 14. The molecule has 4 saturated carbocycles. The highest BCUT2D eigenvalue weighted by molar-refractivity contribution is 7.14. The van der Waals surface area contributed by atoms with Crippen molar-refractivity contribution in [3.05, 3.63) is 42.3 Å². The molecule has 4 N–H and O–H groups in total. The molecule has 17 heteroatoms. The number of aliphatic carboxylic acids is 1. The number of thiazole rings is 1. The number of anilines is 1. The number of amides is 4. The molecular weight excluding hydrogens is 793 g/mol. The zero-order chi connectivity index (χ0) is 42.0. The Hall–Kier alpha value is -5.45. The second-order valence-corrected chi connectivity index (χ2v) is 17.5. The van der Waals surface area contributed by atoms with E-state index in [1.54, 1.807) is 30.7 Å². The standard InChI is InChI=1S/C43H52N6O10S/c1-3-25-21-43(25,39(52)53)48-37(50)34-19-29(22-49(34)38(51)36(24-10-5-4-6-11-24)46-41(54)58-27-14-9-15-27)57-35-20-32(44-31-18-28(56-2)16-17-30(31)35)33-23-60-40(45-33)47-42(55)59-26-12-7-8-13-26/h3,16-18,20,23-27,29,34,36H,1,4-15,19,21-22H2,2H3,(H,46,54)(H,48,50)(H,52,53)(H,45,47,55)/t25-,29-,34+,36+,43-/m1/s1. The highest BCUT2D eigenvalue weighted by atomic mass is 32.1. The van der Waals surface area contributed by atoms with Gasteiger partial charge in [-0.3, -0.25) is 14.9 Å². The maximum Gasteiger partial charge on any atom is 0.413 e. The Bertz CT molecular complexity index is 2130. The summed E-state index contributed by atoms with van der Waals surface area (Å²) < 4.78 is 23.4. The number of nitrogens with zero attached hydrogens (tertiary/aromatic N) is 3. The van der Waals surface area contributed by atoms with Gasteiger partial charge in [-0.1, -0.05) is 25.3 Å². The van der Waals surface area contributed by atoms with Crippen LogP contribution in [0, 0.1) is 11.8 Å². The molecule has 1 aromatic carbocycles. The van der Waals surface area contributed by atoms with Gasteiger partial charge in [-0.2, -0.15) is 0 Å². The number of alkyl carbamates (subject to hydrolysis) is 1. The number of carboxylic acid groups (broad SMARTS) is 1. The van der Waals surface area contributed by atoms with Crippen LogP contribution in [0.5, 0.6) is 11.5 Å². The maximum atomic E-state index is 14.8. The quantitative estimate of drug-likeness (QED) is 0.127. The van der Waals surface area contributed by atoms with Gasteiger partial charge in [0.15, 0.2) is 5.13 Å². The van der Waals surface area contributed by atoms with E-state index in [4.69, 9.17) is 23.9 Å². The Morgan fingerprint density at radius 1 is 0.917 bits per heavy atom. The molecule has 0 unspecified atom stereocenters. The maximum absolute atomic E-state index is 14.8. The monoisotopic (exact) mass is 844 g/mol. The van der Waals surface area contributed by atoms with E-state index < -0.39 is 59.6 Å². The van der Waals surface area contributed by atoms with E-state index in [0.717, 1.165) is 77.0 Å². The molecule has 320 valence electrons. The first-order valence-corrected chi connectivity index (χ1v) is 22.0. The minimum Gasteiger partial charge on any atom is -0.497 e. The summed E-state index contributed by atoms with van der Waals surface area (Å²) in [4.78, 5) is 78.2. The molecule has 0 radical (unpaired) electrons. The van der Waals surface area contributed by atoms with Crippen molar-refractivity contribution in [2.75, 3.05) is 19.0 Å². The van der Waals surface area contributed by atoms with Gasteiger partial charge in [0.1, 0.15) is 53.1 Å². The topological polar surface area (TPSA) is 208 Å². The lowest BCUT2D eigenvalue weighted by Crippen LogP contribution is -2.58. The van der Waals surface area contributed by atoms with Gasteiger partial charge in [0.05, 0.1) is 24.9 Å². The number of benzene rings is 1. The Balaban J connectivity index is 1.08. The third-order valence-electron chi connectivity index (χ3n) is 12.7. The van der Waals surface area contributed by atoms with Gasteiger partial charge < -0.3 is 39.6 Å². The number of methoxy groups -OCH3 is 1. The number of carbonyl (C=O) groups excluding carboxylic acids is 4. The van der Waals surface area contributed by atoms with E-state index in [1.807, 2.05) is 6.07 Å². The van der Waals surface area contributed by atoms with Crippen LogP contribution in [0.1, 0.15) is 89.9 Å². The first-order chi connectivity index (χ1) is 29.0. The van der Waals surface area contributed by atoms with Gasteiger partial charge in [0.2, 0.25) is 11.8 Å². The molecule has 1 aliphatic heterocycles. The molecule has 4 amide bonds. The third-order valence-corrected chi connectivity index (χ3v) is 13.4. The highest BCUT2D eigenvalue weighted by Crippen LogP contribution is 2.45. The highest BCUT2D eigenvalue weighted by Gasteiger charge is 2.61. The van der Waals surface area contributed by atoms with Gasteiger partial charge in [-0.15, -0.1) is 17.9 Å². The fraction of sp³-hybridized carbons (Fsp3) is 0.558. The predicted octanol–water partition coefficient (Wildman–Crippen LogP) is 6.58. The van der Waals surface area contributed by atoms with Crippen LogP contribution in [-0.2, 0) is 23.9 Å². The number of hydrogen-bond acceptors (Lipinski definition) is 12. The van der Waals surface area contributed by atoms with Crippen LogP contribution in [0.2, 0.25) is 0 Å². The van der Waals surface area contributed by atoms with Gasteiger partial charge in [0.25, 0.3) is 0 Å². The molecule has 0 spiro atoms. The average Bonchev–Trinajstić information content (AvgIpc) is 3.64. The number of nitrogens with one attached hydrogen (secondary N) is 3. The molecular formula is C43H52N6O10S. The van der Waals surface area contributed by atoms with Crippen molar-refractivity contribution in [2.45, 2.75) is 126 Å². The van der Waals surface area contributed by atoms with Gasteiger partial charge >= 0.3 is 18.2 Å². The van der Waals surface area contributed by atoms with Gasteiger partial charge in [-0.25, -0.2) is 24.4 Å². The van der Waals surface area contributed by atoms with Crippen LogP contribution in [0.3, 0.4) is 0 Å². The van der Waals surface area contributed by atoms with Crippen molar-refractivity contribution in [1.29, 1.82) is 0 Å². The molecule has 5 fully saturated rings. The first-order valence-electron chi connectivity index (χ1n) is 21.1. The second-order valence-electron chi connectivity index (χ2n) is 16.6. The lowest BCUT2D eigenvalue weighted by Gasteiger charge is -2.35. The Morgan fingerprint density at radius 2 is 1.63 bits per heavy atom. The number of fused-ring (bicyclic) bond motifs is 1. The number of carboxylic acids is 1. The fourth-order valence-corrected chi connectivity index (χ4v) is 9.65. The number of aromatic nitrogens is 2. The van der Waals surface area contributed by atoms with E-state index in [-0.39, 0.29) is 37.5 Å². The first kappa shape index (κ1) is 41.3. The lowest BCUT2D eigenvalue weighted by molar-refractivity contribution is -0.146. The van der Waals surface area contributed by atoms with Crippen LogP contribution < -0.4 is 25.4 Å². The largest absolute Gasteiger partial charge is 0.497 e. The van der Waals surface area contributed by atoms with E-state index in [9.17, 15) is 29.1 Å². The van der Waals surface area contributed by atoms with E-state index >= 15 is 0 Å². The summed E-state index contributed by atoms with van der Waals surface area (Å²) in [5.74, 6) is -1.93. The number of likely N-dealkylation sites (tertiary alicyclic amines) is 1. The predicted molar refractivity (Wildman–Crippen MR) is 221 cm³/mol. The zero-order valence-corrected chi connectivity index (χ0v) is 34.5. The normalized spacial score (nSPS) is 24.8. The van der Waals surface area contributed by atoms with Crippen LogP contribution >= 0.6 is 11.3 Å². The van der Waals surface area contributed by atoms with E-state index in [2.05, 4.69) is 27.5 Å². The van der Waals surface area contributed by atoms with Crippen LogP contribution in [0.25, 0.3) is 22.3 Å². The molecule has 1 saturated heterocycles. The molecule has 3 heterocycles. The molecule has 2 aromatic heterocycles. The fourth-order valence-electron chi connectivity index (χ4n) is 8.96. The average molecular weight is 845 g/mol. The number of carbonyl (C=O) groups is 5. The number of hydrogen-bond donors (Lipinski definition) is 4. The molecule has 60 heavy (non-hydrogen) atoms. The minimum absolute atomic E-state index is 0.0202. The molecule has 4 aliphatic carbocycles. The molecule has 5 aliphatic rings. The summed E-state index contributed by atoms with van der Waals surface area (Å²) in [5.41, 5.74) is -0.0753. The van der Waals surface area contributed by atoms with Gasteiger partial charge in [-0.05, 0) is 82.3 Å². The van der Waals surface area contributed by atoms with Crippen LogP contribution in [0.15, 0.2) is 42.3 Å². The third kappa shape index (κ3) is 8.86. The van der Waals surface area contributed by atoms with Crippen molar-refractivity contribution in [3.8, 4) is 22.9 Å². The SMILES string of the molecule is C=C[C@@H]1C[C@]1(NC(=O)[C@@H]1C[C@@H](Oc2cc(-c3csc(NC(=O)OC4CCCC4)n3)nc3cc(OC)ccc23)CN1C(=O)[C@@H](NC(=O)OC1CCC1)C1CCCCC1)C(=O)O. The Kier molecular flexibility index (Phi) is 12.1. The number of ether oxygens (including phenoxy) is 4. The second kappa shape index (κ2) is 17.6. The van der Waals surface area contributed by atoms with Crippen molar-refractivity contribution in [1.82, 2.24) is 25.5 Å². The Labute approximate surface area is 351 Å². The van der Waals surface area contributed by atoms with Crippen LogP contribution in [0.4, 0.5) is 14.7 Å². The summed E-state index contributed by atoms with van der Waals surface area (Å²) in [7, 11) is 1.55. The summed E-state index contributed by atoms with van der Waals surface area (Å²) >= 11 is 1.22. The van der Waals surface area contributed by atoms with Crippen molar-refractivity contribution < 1.29 is 48.0 Å². The van der Waals surface area contributed by atoms with Crippen molar-refractivity contribution in [3.63, 3.8) is 0 Å². The summed E-state index contributed by atoms with van der Waals surface area (Å²) in [6.45, 7) is 3.73. The molecule has 3 aromatic rings. The smallest absolute Gasteiger partial charge is 0.413 e. The van der Waals surface area contributed by atoms with Crippen LogP contribution in [-0.4, -0.2) is 99.5 Å². The summed E-state index contributed by atoms with van der Waals surface area (Å²) in [6.07, 6.45) is 10.0. The van der Waals surface area contributed by atoms with E-state index in [0.29, 0.717) is 38.9 Å². The molecule has 16 nitrogen and oxygen atoms in total. The molecule has 8 rings (SSSR count). The van der Waals surface area contributed by atoms with Crippen molar-refractivity contribution >= 4 is 57.3 Å². The summed E-state index contributed by atoms with van der Waals surface area (Å²) in [6, 6.07) is 5.02. The minimum atomic E-state index is -1.52. The summed E-state index contributed by atoms with van der Waals surface area (Å²) in [5, 5.41) is 21.3. The Morgan fingerprint density at radius 3 is 2.30 bits per heavy atom. The van der Waals surface area contributed by atoms with Crippen molar-refractivity contribution in [2.24, 2.45) is 11.8 Å². The van der Waals surface area contributed by atoms with Gasteiger partial charge in [0, 0.05) is 35.2 Å². The number of pyridine rings is 1. The zero-order valence-electron chi connectivity index (χ0n) is 33.7. The lowest BCUT2D eigenvalue weighted by atomic mass is 9.83. The molecule has 5 atom stereocenters. The van der Waals surface area contributed by atoms with E-state index in [1.165, 1.54) is 22.3 Å². The molecule has 0 bridgehead atoms.